The Kier molecular flexibility index (Phi) is 5.73. The van der Waals surface area contributed by atoms with Crippen LogP contribution in [0, 0.1) is 5.92 Å². The molecule has 7 heteroatoms. The van der Waals surface area contributed by atoms with E-state index in [1.54, 1.807) is 19.0 Å². The Bertz CT molecular complexity index is 549. The van der Waals surface area contributed by atoms with E-state index >= 15 is 0 Å². The van der Waals surface area contributed by atoms with Crippen LogP contribution in [0.2, 0.25) is 0 Å². The summed E-state index contributed by atoms with van der Waals surface area (Å²) in [5, 5.41) is 11.1. The molecule has 2 aliphatic rings. The van der Waals surface area contributed by atoms with Gasteiger partial charge in [-0.15, -0.1) is 0 Å². The van der Waals surface area contributed by atoms with Gasteiger partial charge in [0.2, 0.25) is 0 Å². The number of hydrogen-bond donors (Lipinski definition) is 2. The van der Waals surface area contributed by atoms with Crippen LogP contribution in [0.4, 0.5) is 4.79 Å². The Labute approximate surface area is 144 Å². The van der Waals surface area contributed by atoms with Crippen LogP contribution in [0.15, 0.2) is 6.07 Å². The van der Waals surface area contributed by atoms with Gasteiger partial charge >= 0.3 is 6.03 Å². The molecule has 0 spiro atoms. The number of aromatic nitrogens is 2. The number of carbonyl (C=O) groups is 1. The number of piperidine rings is 1. The zero-order valence-corrected chi connectivity index (χ0v) is 14.9. The van der Waals surface area contributed by atoms with Crippen molar-refractivity contribution in [2.45, 2.75) is 38.9 Å². The van der Waals surface area contributed by atoms with Gasteiger partial charge in [0.1, 0.15) is 0 Å². The summed E-state index contributed by atoms with van der Waals surface area (Å²) in [5.41, 5.74) is 2.21. The minimum Gasteiger partial charge on any atom is -0.332 e. The van der Waals surface area contributed by atoms with Crippen molar-refractivity contribution in [3.63, 3.8) is 0 Å². The predicted octanol–water partition coefficient (Wildman–Crippen LogP) is 0.860. The number of aryl methyl sites for hydroxylation is 1. The summed E-state index contributed by atoms with van der Waals surface area (Å²) in [6, 6.07) is 2.07. The Morgan fingerprint density at radius 1 is 1.42 bits per heavy atom. The first-order chi connectivity index (χ1) is 11.6. The maximum absolute atomic E-state index is 11.7. The molecule has 1 saturated heterocycles. The number of carbonyl (C=O) groups excluding carboxylic acids is 1. The molecule has 0 aliphatic carbocycles. The molecule has 1 atom stereocenters. The van der Waals surface area contributed by atoms with Gasteiger partial charge in [-0.05, 0) is 44.3 Å². The fraction of sp³-hybridized carbons (Fsp3) is 0.765. The quantitative estimate of drug-likeness (QED) is 0.857. The van der Waals surface area contributed by atoms with Gasteiger partial charge in [0.15, 0.2) is 0 Å². The summed E-state index contributed by atoms with van der Waals surface area (Å²) in [6.45, 7) is 7.06. The third kappa shape index (κ3) is 4.48. The molecule has 3 rings (SSSR count). The topological polar surface area (TPSA) is 65.4 Å². The molecule has 0 saturated carbocycles. The Hall–Kier alpha value is -1.60. The number of nitrogens with zero attached hydrogens (tertiary/aromatic N) is 4. The van der Waals surface area contributed by atoms with E-state index in [-0.39, 0.29) is 6.03 Å². The molecule has 0 unspecified atom stereocenters. The molecule has 2 N–H and O–H groups in total. The van der Waals surface area contributed by atoms with Crippen LogP contribution >= 0.6 is 0 Å². The molecule has 1 aromatic heterocycles. The van der Waals surface area contributed by atoms with E-state index in [0.29, 0.717) is 6.54 Å². The van der Waals surface area contributed by atoms with E-state index in [9.17, 15) is 4.79 Å². The number of amides is 2. The van der Waals surface area contributed by atoms with E-state index in [2.05, 4.69) is 31.4 Å². The smallest absolute Gasteiger partial charge is 0.317 e. The van der Waals surface area contributed by atoms with Crippen LogP contribution in [0.25, 0.3) is 0 Å². The fourth-order valence-electron chi connectivity index (χ4n) is 3.60. The molecule has 2 aliphatic heterocycles. The number of fused-ring (bicyclic) bond motifs is 1. The second-order valence-electron chi connectivity index (χ2n) is 7.20. The molecule has 1 fully saturated rings. The summed E-state index contributed by atoms with van der Waals surface area (Å²) in [5.74, 6) is 0.770. The van der Waals surface area contributed by atoms with Gasteiger partial charge in [0, 0.05) is 40.3 Å². The molecule has 0 aromatic carbocycles. The van der Waals surface area contributed by atoms with E-state index in [4.69, 9.17) is 0 Å². The highest BCUT2D eigenvalue weighted by atomic mass is 16.2. The molecule has 0 bridgehead atoms. The molecular formula is C17H30N6O. The third-order valence-corrected chi connectivity index (χ3v) is 4.89. The summed E-state index contributed by atoms with van der Waals surface area (Å²) in [4.78, 5) is 15.8. The van der Waals surface area contributed by atoms with Crippen molar-refractivity contribution in [3.05, 3.63) is 17.5 Å². The molecular weight excluding hydrogens is 304 g/mol. The fourth-order valence-corrected chi connectivity index (χ4v) is 3.60. The van der Waals surface area contributed by atoms with Gasteiger partial charge in [0.05, 0.1) is 17.9 Å². The van der Waals surface area contributed by atoms with Crippen LogP contribution in [-0.4, -0.2) is 65.9 Å². The van der Waals surface area contributed by atoms with Gasteiger partial charge in [-0.2, -0.15) is 5.10 Å². The minimum atomic E-state index is -0.0791. The van der Waals surface area contributed by atoms with Crippen molar-refractivity contribution in [2.75, 3.05) is 40.3 Å². The van der Waals surface area contributed by atoms with Gasteiger partial charge in [-0.1, -0.05) is 0 Å². The normalized spacial score (nSPS) is 21.8. The lowest BCUT2D eigenvalue weighted by atomic mass is 9.99. The number of hydrogen-bond acceptors (Lipinski definition) is 4. The predicted molar refractivity (Wildman–Crippen MR) is 93.6 cm³/mol. The first-order valence-corrected chi connectivity index (χ1v) is 9.05. The van der Waals surface area contributed by atoms with Crippen LogP contribution in [-0.2, 0) is 19.6 Å². The van der Waals surface area contributed by atoms with Gasteiger partial charge in [-0.25, -0.2) is 4.79 Å². The zero-order chi connectivity index (χ0) is 16.9. The maximum Gasteiger partial charge on any atom is 0.317 e. The Morgan fingerprint density at radius 3 is 3.04 bits per heavy atom. The monoisotopic (exact) mass is 334 g/mol. The minimum absolute atomic E-state index is 0.0791. The van der Waals surface area contributed by atoms with E-state index in [1.807, 2.05) is 0 Å². The molecule has 3 heterocycles. The van der Waals surface area contributed by atoms with Crippen LogP contribution in [0.1, 0.15) is 30.7 Å². The van der Waals surface area contributed by atoms with Crippen molar-refractivity contribution in [3.8, 4) is 0 Å². The first-order valence-electron chi connectivity index (χ1n) is 9.05. The second-order valence-corrected chi connectivity index (χ2v) is 7.20. The number of urea groups is 1. The van der Waals surface area contributed by atoms with Crippen molar-refractivity contribution < 1.29 is 4.79 Å². The lowest BCUT2D eigenvalue weighted by molar-refractivity contribution is 0.203. The van der Waals surface area contributed by atoms with Gasteiger partial charge in [0.25, 0.3) is 0 Å². The molecule has 134 valence electrons. The number of nitrogens with one attached hydrogen (secondary N) is 2. The van der Waals surface area contributed by atoms with Crippen molar-refractivity contribution >= 4 is 6.03 Å². The molecule has 7 nitrogen and oxygen atoms in total. The Balaban J connectivity index is 1.57. The van der Waals surface area contributed by atoms with E-state index in [1.165, 1.54) is 31.6 Å². The van der Waals surface area contributed by atoms with Gasteiger partial charge in [-0.3, -0.25) is 9.58 Å². The largest absolute Gasteiger partial charge is 0.332 e. The number of rotatable bonds is 4. The van der Waals surface area contributed by atoms with Crippen molar-refractivity contribution in [2.24, 2.45) is 5.92 Å². The van der Waals surface area contributed by atoms with Crippen LogP contribution < -0.4 is 10.6 Å². The lowest BCUT2D eigenvalue weighted by Gasteiger charge is -2.29. The summed E-state index contributed by atoms with van der Waals surface area (Å²) in [7, 11) is 3.49. The SMILES string of the molecule is CN(C)C(=O)NCc1cc2n(n1)CCCN(C[C@@H]1CCCNC1)C2. The average molecular weight is 334 g/mol. The lowest BCUT2D eigenvalue weighted by Crippen LogP contribution is -2.38. The summed E-state index contributed by atoms with van der Waals surface area (Å²) >= 11 is 0. The van der Waals surface area contributed by atoms with E-state index in [0.717, 1.165) is 44.2 Å². The second kappa shape index (κ2) is 7.98. The third-order valence-electron chi connectivity index (χ3n) is 4.89. The van der Waals surface area contributed by atoms with E-state index < -0.39 is 0 Å². The van der Waals surface area contributed by atoms with Crippen molar-refractivity contribution in [1.82, 2.24) is 30.2 Å². The van der Waals surface area contributed by atoms with Gasteiger partial charge < -0.3 is 15.5 Å². The molecule has 0 radical (unpaired) electrons. The van der Waals surface area contributed by atoms with Crippen LogP contribution in [0.5, 0.6) is 0 Å². The highest BCUT2D eigenvalue weighted by Crippen LogP contribution is 2.18. The Morgan fingerprint density at radius 2 is 2.29 bits per heavy atom. The first kappa shape index (κ1) is 17.2. The van der Waals surface area contributed by atoms with Crippen LogP contribution in [0.3, 0.4) is 0 Å². The average Bonchev–Trinajstić information content (AvgIpc) is 2.85. The highest BCUT2D eigenvalue weighted by molar-refractivity contribution is 5.73. The molecule has 24 heavy (non-hydrogen) atoms. The maximum atomic E-state index is 11.7. The standard InChI is InChI=1S/C17H30N6O/c1-21(2)17(24)19-11-15-9-16-13-22(7-4-8-23(16)20-15)12-14-5-3-6-18-10-14/h9,14,18H,3-8,10-13H2,1-2H3,(H,19,24)/t14-/m1/s1. The summed E-state index contributed by atoms with van der Waals surface area (Å²) in [6.07, 6.45) is 3.77. The molecule has 1 aromatic rings. The van der Waals surface area contributed by atoms with Crippen molar-refractivity contribution in [1.29, 1.82) is 0 Å². The highest BCUT2D eigenvalue weighted by Gasteiger charge is 2.21. The zero-order valence-electron chi connectivity index (χ0n) is 14.9. The summed E-state index contributed by atoms with van der Waals surface area (Å²) < 4.78 is 2.12. The molecule has 2 amide bonds.